The van der Waals surface area contributed by atoms with Crippen LogP contribution in [0.4, 0.5) is 5.69 Å². The van der Waals surface area contributed by atoms with Gasteiger partial charge in [0.05, 0.1) is 17.9 Å². The summed E-state index contributed by atoms with van der Waals surface area (Å²) in [4.78, 5) is 19.0. The molecule has 3 aromatic rings. The maximum Gasteiger partial charge on any atom is 0.247 e. The summed E-state index contributed by atoms with van der Waals surface area (Å²) in [5.74, 6) is 1.64. The Labute approximate surface area is 179 Å². The highest BCUT2D eigenvalue weighted by molar-refractivity contribution is 7.99. The van der Waals surface area contributed by atoms with Crippen LogP contribution in [-0.2, 0) is 4.79 Å². The van der Waals surface area contributed by atoms with Gasteiger partial charge in [-0.05, 0) is 30.9 Å². The fourth-order valence-electron chi connectivity index (χ4n) is 3.42. The SMILES string of the molecule is CCOc1ccccc1[C@@H]1Oc2nc(SCC)nnc2-c2ccccc2N1C(C)=O. The van der Waals surface area contributed by atoms with Gasteiger partial charge in [-0.2, -0.15) is 4.98 Å². The molecule has 0 bridgehead atoms. The van der Waals surface area contributed by atoms with E-state index in [-0.39, 0.29) is 5.91 Å². The first-order valence-electron chi connectivity index (χ1n) is 9.79. The van der Waals surface area contributed by atoms with Crippen molar-refractivity contribution in [1.82, 2.24) is 15.2 Å². The van der Waals surface area contributed by atoms with Crippen LogP contribution in [0.15, 0.2) is 53.7 Å². The van der Waals surface area contributed by atoms with E-state index in [1.165, 1.54) is 18.7 Å². The van der Waals surface area contributed by atoms with Gasteiger partial charge in [0.1, 0.15) is 5.75 Å². The highest BCUT2D eigenvalue weighted by Crippen LogP contribution is 2.44. The predicted octanol–water partition coefficient (Wildman–Crippen LogP) is 4.49. The molecule has 1 aliphatic rings. The minimum atomic E-state index is -0.760. The van der Waals surface area contributed by atoms with Gasteiger partial charge in [-0.25, -0.2) is 0 Å². The molecule has 1 atom stereocenters. The predicted molar refractivity (Wildman–Crippen MR) is 116 cm³/mol. The van der Waals surface area contributed by atoms with Crippen LogP contribution in [0.2, 0.25) is 0 Å². The number of rotatable bonds is 5. The topological polar surface area (TPSA) is 77.4 Å². The van der Waals surface area contributed by atoms with Crippen molar-refractivity contribution in [2.75, 3.05) is 17.3 Å². The molecular formula is C22H22N4O3S. The number of carbonyl (C=O) groups excluding carboxylic acids is 1. The maximum atomic E-state index is 12.8. The number of nitrogens with zero attached hydrogens (tertiary/aromatic N) is 4. The molecule has 2 aromatic carbocycles. The van der Waals surface area contributed by atoms with Crippen LogP contribution in [0.1, 0.15) is 32.6 Å². The van der Waals surface area contributed by atoms with E-state index in [1.807, 2.05) is 62.4 Å². The molecule has 154 valence electrons. The molecular weight excluding hydrogens is 400 g/mol. The van der Waals surface area contributed by atoms with Gasteiger partial charge < -0.3 is 9.47 Å². The summed E-state index contributed by atoms with van der Waals surface area (Å²) in [5.41, 5.74) is 2.67. The number of aromatic nitrogens is 3. The van der Waals surface area contributed by atoms with E-state index >= 15 is 0 Å². The second-order valence-corrected chi connectivity index (χ2v) is 7.76. The quantitative estimate of drug-likeness (QED) is 0.561. The van der Waals surface area contributed by atoms with Gasteiger partial charge >= 0.3 is 0 Å². The Kier molecular flexibility index (Phi) is 5.85. The normalized spacial score (nSPS) is 14.9. The second kappa shape index (κ2) is 8.71. The highest BCUT2D eigenvalue weighted by atomic mass is 32.2. The zero-order valence-corrected chi connectivity index (χ0v) is 17.8. The number of anilines is 1. The lowest BCUT2D eigenvalue weighted by atomic mass is 10.1. The third kappa shape index (κ3) is 3.70. The molecule has 0 radical (unpaired) electrons. The third-order valence-corrected chi connectivity index (χ3v) is 5.33. The van der Waals surface area contributed by atoms with Gasteiger partial charge in [0.2, 0.25) is 23.2 Å². The van der Waals surface area contributed by atoms with Crippen molar-refractivity contribution in [1.29, 1.82) is 0 Å². The van der Waals surface area contributed by atoms with Gasteiger partial charge in [0, 0.05) is 12.5 Å². The molecule has 0 aliphatic carbocycles. The lowest BCUT2D eigenvalue weighted by Gasteiger charge is -2.30. The number of thioether (sulfide) groups is 1. The van der Waals surface area contributed by atoms with Crippen molar-refractivity contribution in [2.45, 2.75) is 32.2 Å². The van der Waals surface area contributed by atoms with E-state index in [4.69, 9.17) is 9.47 Å². The molecule has 0 unspecified atom stereocenters. The van der Waals surface area contributed by atoms with Crippen LogP contribution >= 0.6 is 11.8 Å². The molecule has 0 N–H and O–H groups in total. The average molecular weight is 423 g/mol. The van der Waals surface area contributed by atoms with E-state index in [9.17, 15) is 4.79 Å². The van der Waals surface area contributed by atoms with E-state index in [0.29, 0.717) is 34.8 Å². The number of ether oxygens (including phenoxy) is 2. The van der Waals surface area contributed by atoms with Gasteiger partial charge in [0.25, 0.3) is 0 Å². The maximum absolute atomic E-state index is 12.8. The monoisotopic (exact) mass is 422 g/mol. The fraction of sp³-hybridized carbons (Fsp3) is 0.273. The summed E-state index contributed by atoms with van der Waals surface area (Å²) in [6.07, 6.45) is -0.760. The Balaban J connectivity index is 1.95. The summed E-state index contributed by atoms with van der Waals surface area (Å²) in [6.45, 7) is 5.96. The first-order chi connectivity index (χ1) is 14.6. The Bertz CT molecular complexity index is 1080. The molecule has 0 saturated carbocycles. The van der Waals surface area contributed by atoms with Crippen LogP contribution in [0.3, 0.4) is 0 Å². The van der Waals surface area contributed by atoms with Crippen molar-refractivity contribution in [2.24, 2.45) is 0 Å². The van der Waals surface area contributed by atoms with E-state index in [1.54, 1.807) is 4.90 Å². The number of hydrogen-bond acceptors (Lipinski definition) is 7. The van der Waals surface area contributed by atoms with Crippen LogP contribution in [0.25, 0.3) is 11.3 Å². The Morgan fingerprint density at radius 1 is 1.13 bits per heavy atom. The molecule has 0 spiro atoms. The smallest absolute Gasteiger partial charge is 0.247 e. The van der Waals surface area contributed by atoms with E-state index in [0.717, 1.165) is 16.9 Å². The fourth-order valence-corrected chi connectivity index (χ4v) is 3.92. The van der Waals surface area contributed by atoms with Gasteiger partial charge in [-0.3, -0.25) is 9.69 Å². The highest BCUT2D eigenvalue weighted by Gasteiger charge is 2.35. The van der Waals surface area contributed by atoms with E-state index in [2.05, 4.69) is 15.2 Å². The average Bonchev–Trinajstić information content (AvgIpc) is 2.89. The molecule has 0 saturated heterocycles. The van der Waals surface area contributed by atoms with Crippen molar-refractivity contribution < 1.29 is 14.3 Å². The third-order valence-electron chi connectivity index (χ3n) is 4.61. The number of para-hydroxylation sites is 2. The minimum Gasteiger partial charge on any atom is -0.493 e. The lowest BCUT2D eigenvalue weighted by Crippen LogP contribution is -2.36. The first kappa shape index (κ1) is 20.2. The zero-order valence-electron chi connectivity index (χ0n) is 17.0. The molecule has 7 nitrogen and oxygen atoms in total. The summed E-state index contributed by atoms with van der Waals surface area (Å²) >= 11 is 1.48. The Morgan fingerprint density at radius 2 is 1.90 bits per heavy atom. The Hall–Kier alpha value is -3.13. The molecule has 1 aromatic heterocycles. The van der Waals surface area contributed by atoms with Crippen molar-refractivity contribution in [3.8, 4) is 22.9 Å². The van der Waals surface area contributed by atoms with Gasteiger partial charge in [-0.15, -0.1) is 10.2 Å². The number of carbonyl (C=O) groups is 1. The minimum absolute atomic E-state index is 0.164. The Morgan fingerprint density at radius 3 is 2.67 bits per heavy atom. The zero-order chi connectivity index (χ0) is 21.1. The lowest BCUT2D eigenvalue weighted by molar-refractivity contribution is -0.118. The number of amides is 1. The summed E-state index contributed by atoms with van der Waals surface area (Å²) in [6, 6.07) is 15.1. The molecule has 4 rings (SSSR count). The first-order valence-corrected chi connectivity index (χ1v) is 10.8. The van der Waals surface area contributed by atoms with Crippen molar-refractivity contribution in [3.63, 3.8) is 0 Å². The summed E-state index contributed by atoms with van der Waals surface area (Å²) in [7, 11) is 0. The number of hydrogen-bond donors (Lipinski definition) is 0. The van der Waals surface area contributed by atoms with Crippen LogP contribution in [0, 0.1) is 0 Å². The summed E-state index contributed by atoms with van der Waals surface area (Å²) in [5, 5.41) is 9.15. The molecule has 1 aliphatic heterocycles. The molecule has 0 fully saturated rings. The van der Waals surface area contributed by atoms with Crippen molar-refractivity contribution >= 4 is 23.4 Å². The second-order valence-electron chi connectivity index (χ2n) is 6.53. The number of fused-ring (bicyclic) bond motifs is 3. The van der Waals surface area contributed by atoms with Gasteiger partial charge in [0.15, 0.2) is 5.69 Å². The standard InChI is InChI=1S/C22H22N4O3S/c1-4-28-18-13-9-7-11-16(18)21-26(14(3)27)17-12-8-6-10-15(17)19-20(29-21)23-22(25-24-19)30-5-2/h6-13,21H,4-5H2,1-3H3/t21-/m0/s1. The van der Waals surface area contributed by atoms with E-state index < -0.39 is 6.23 Å². The largest absolute Gasteiger partial charge is 0.493 e. The molecule has 8 heteroatoms. The van der Waals surface area contributed by atoms with Crippen LogP contribution in [0.5, 0.6) is 11.6 Å². The van der Waals surface area contributed by atoms with Crippen LogP contribution < -0.4 is 14.4 Å². The van der Waals surface area contributed by atoms with Gasteiger partial charge in [-0.1, -0.05) is 49.0 Å². The molecule has 2 heterocycles. The number of benzene rings is 2. The van der Waals surface area contributed by atoms with Crippen LogP contribution in [-0.4, -0.2) is 33.4 Å². The molecule has 1 amide bonds. The summed E-state index contributed by atoms with van der Waals surface area (Å²) < 4.78 is 12.2. The molecule has 30 heavy (non-hydrogen) atoms. The van der Waals surface area contributed by atoms with Crippen molar-refractivity contribution in [3.05, 3.63) is 54.1 Å².